The van der Waals surface area contributed by atoms with Crippen molar-refractivity contribution < 1.29 is 14.6 Å². The summed E-state index contributed by atoms with van der Waals surface area (Å²) in [7, 11) is 0. The van der Waals surface area contributed by atoms with Gasteiger partial charge in [-0.15, -0.1) is 0 Å². The van der Waals surface area contributed by atoms with E-state index in [-0.39, 0.29) is 19.1 Å². The number of hydrogen-bond donors (Lipinski definition) is 2. The lowest BCUT2D eigenvalue weighted by Gasteiger charge is -2.12. The Hall–Kier alpha value is -1.65. The van der Waals surface area contributed by atoms with Crippen LogP contribution in [0.25, 0.3) is 6.08 Å². The van der Waals surface area contributed by atoms with E-state index in [1.165, 1.54) is 11.6 Å². The number of carbonyl (C=O) groups excluding carboxylic acids is 1. The zero-order chi connectivity index (χ0) is 16.5. The number of benzene rings is 1. The highest BCUT2D eigenvalue weighted by atomic mass is 16.5. The van der Waals surface area contributed by atoms with E-state index in [4.69, 9.17) is 4.74 Å². The van der Waals surface area contributed by atoms with Gasteiger partial charge in [-0.05, 0) is 37.0 Å². The van der Waals surface area contributed by atoms with Crippen molar-refractivity contribution in [3.8, 4) is 0 Å². The number of amides is 1. The minimum absolute atomic E-state index is 0.189. The molecule has 1 atom stereocenters. The highest BCUT2D eigenvalue weighted by Gasteiger charge is 2.06. The standard InChI is InChI=1S/C18H27NO3/c1-13(2)11-22-12-17(20)10-19-18(21)8-7-16-6-5-14(3)9-15(16)4/h5-9,13,17,20H,10-12H2,1-4H3,(H,19,21)/b8-7+. The molecule has 0 aromatic heterocycles. The quantitative estimate of drug-likeness (QED) is 0.725. The molecule has 0 saturated heterocycles. The molecule has 0 spiro atoms. The van der Waals surface area contributed by atoms with Crippen LogP contribution >= 0.6 is 0 Å². The number of aryl methyl sites for hydroxylation is 2. The van der Waals surface area contributed by atoms with Crippen LogP contribution in [-0.4, -0.2) is 36.9 Å². The molecular weight excluding hydrogens is 278 g/mol. The van der Waals surface area contributed by atoms with Gasteiger partial charge < -0.3 is 15.2 Å². The Morgan fingerprint density at radius 1 is 1.32 bits per heavy atom. The fourth-order valence-corrected chi connectivity index (χ4v) is 1.95. The average molecular weight is 305 g/mol. The molecule has 0 aliphatic rings. The van der Waals surface area contributed by atoms with Gasteiger partial charge in [0.2, 0.25) is 5.91 Å². The summed E-state index contributed by atoms with van der Waals surface area (Å²) in [6.07, 6.45) is 2.59. The fourth-order valence-electron chi connectivity index (χ4n) is 1.95. The van der Waals surface area contributed by atoms with E-state index < -0.39 is 6.10 Å². The summed E-state index contributed by atoms with van der Waals surface area (Å²) in [5.41, 5.74) is 3.34. The molecule has 0 fully saturated rings. The minimum Gasteiger partial charge on any atom is -0.389 e. The van der Waals surface area contributed by atoms with Crippen LogP contribution in [0.3, 0.4) is 0 Å². The predicted octanol–water partition coefficient (Wildman–Crippen LogP) is 2.47. The normalized spacial score (nSPS) is 12.8. The summed E-state index contributed by atoms with van der Waals surface area (Å²) in [5, 5.41) is 12.4. The highest BCUT2D eigenvalue weighted by molar-refractivity contribution is 5.91. The second-order valence-electron chi connectivity index (χ2n) is 6.02. The van der Waals surface area contributed by atoms with Crippen LogP contribution in [0.2, 0.25) is 0 Å². The van der Waals surface area contributed by atoms with E-state index >= 15 is 0 Å². The molecule has 0 heterocycles. The smallest absolute Gasteiger partial charge is 0.244 e. The molecule has 2 N–H and O–H groups in total. The first kappa shape index (κ1) is 18.4. The van der Waals surface area contributed by atoms with E-state index in [0.29, 0.717) is 12.5 Å². The topological polar surface area (TPSA) is 58.6 Å². The molecule has 22 heavy (non-hydrogen) atoms. The van der Waals surface area contributed by atoms with Crippen molar-refractivity contribution in [2.24, 2.45) is 5.92 Å². The minimum atomic E-state index is -0.683. The molecule has 4 heteroatoms. The average Bonchev–Trinajstić information content (AvgIpc) is 2.43. The van der Waals surface area contributed by atoms with Crippen molar-refractivity contribution in [2.75, 3.05) is 19.8 Å². The molecule has 1 unspecified atom stereocenters. The Morgan fingerprint density at radius 3 is 2.68 bits per heavy atom. The van der Waals surface area contributed by atoms with Gasteiger partial charge in [-0.1, -0.05) is 37.6 Å². The molecular formula is C18H27NO3. The van der Waals surface area contributed by atoms with Crippen LogP contribution in [0.4, 0.5) is 0 Å². The van der Waals surface area contributed by atoms with Gasteiger partial charge in [-0.2, -0.15) is 0 Å². The first-order valence-electron chi connectivity index (χ1n) is 7.67. The number of carbonyl (C=O) groups is 1. The number of nitrogens with one attached hydrogen (secondary N) is 1. The summed E-state index contributed by atoms with van der Waals surface area (Å²) >= 11 is 0. The maximum atomic E-state index is 11.7. The molecule has 0 radical (unpaired) electrons. The number of aliphatic hydroxyl groups excluding tert-OH is 1. The second-order valence-corrected chi connectivity index (χ2v) is 6.02. The fraction of sp³-hybridized carbons (Fsp3) is 0.500. The van der Waals surface area contributed by atoms with E-state index in [1.807, 2.05) is 39.8 Å². The zero-order valence-corrected chi connectivity index (χ0v) is 13.9. The number of ether oxygens (including phenoxy) is 1. The zero-order valence-electron chi connectivity index (χ0n) is 13.9. The summed E-state index contributed by atoms with van der Waals surface area (Å²) in [4.78, 5) is 11.7. The molecule has 4 nitrogen and oxygen atoms in total. The maximum Gasteiger partial charge on any atom is 0.244 e. The lowest BCUT2D eigenvalue weighted by molar-refractivity contribution is -0.117. The molecule has 122 valence electrons. The summed E-state index contributed by atoms with van der Waals surface area (Å²) in [5.74, 6) is 0.213. The predicted molar refractivity (Wildman–Crippen MR) is 89.6 cm³/mol. The van der Waals surface area contributed by atoms with E-state index in [0.717, 1.165) is 11.1 Å². The second kappa shape index (κ2) is 9.38. The number of rotatable bonds is 8. The molecule has 1 amide bonds. The van der Waals surface area contributed by atoms with Crippen LogP contribution in [0.15, 0.2) is 24.3 Å². The molecule has 0 aliphatic heterocycles. The highest BCUT2D eigenvalue weighted by Crippen LogP contribution is 2.11. The molecule has 1 aromatic rings. The van der Waals surface area contributed by atoms with Gasteiger partial charge in [-0.25, -0.2) is 0 Å². The summed E-state index contributed by atoms with van der Waals surface area (Å²) < 4.78 is 5.33. The van der Waals surface area contributed by atoms with Gasteiger partial charge in [0.05, 0.1) is 12.7 Å². The van der Waals surface area contributed by atoms with E-state index in [9.17, 15) is 9.90 Å². The van der Waals surface area contributed by atoms with Crippen LogP contribution in [-0.2, 0) is 9.53 Å². The van der Waals surface area contributed by atoms with Gasteiger partial charge >= 0.3 is 0 Å². The van der Waals surface area contributed by atoms with Crippen LogP contribution in [0.5, 0.6) is 0 Å². The first-order chi connectivity index (χ1) is 10.4. The third-order valence-electron chi connectivity index (χ3n) is 3.11. The van der Waals surface area contributed by atoms with Gasteiger partial charge in [0.1, 0.15) is 0 Å². The molecule has 0 saturated carbocycles. The Morgan fingerprint density at radius 2 is 2.05 bits per heavy atom. The lowest BCUT2D eigenvalue weighted by atomic mass is 10.1. The first-order valence-corrected chi connectivity index (χ1v) is 7.67. The van der Waals surface area contributed by atoms with Crippen molar-refractivity contribution in [2.45, 2.75) is 33.8 Å². The maximum absolute atomic E-state index is 11.7. The number of aliphatic hydroxyl groups is 1. The molecule has 0 bridgehead atoms. The van der Waals surface area contributed by atoms with Gasteiger partial charge in [0.25, 0.3) is 0 Å². The number of hydrogen-bond acceptors (Lipinski definition) is 3. The summed E-state index contributed by atoms with van der Waals surface area (Å²) in [6, 6.07) is 6.08. The van der Waals surface area contributed by atoms with Gasteiger partial charge in [0, 0.05) is 19.2 Å². The van der Waals surface area contributed by atoms with Crippen LogP contribution < -0.4 is 5.32 Å². The lowest BCUT2D eigenvalue weighted by Crippen LogP contribution is -2.33. The monoisotopic (exact) mass is 305 g/mol. The SMILES string of the molecule is Cc1ccc(/C=C/C(=O)NCC(O)COCC(C)C)c(C)c1. The Labute approximate surface area is 133 Å². The molecule has 0 aliphatic carbocycles. The van der Waals surface area contributed by atoms with Gasteiger partial charge in [0.15, 0.2) is 0 Å². The third-order valence-corrected chi connectivity index (χ3v) is 3.11. The van der Waals surface area contributed by atoms with E-state index in [1.54, 1.807) is 6.08 Å². The Balaban J connectivity index is 2.35. The van der Waals surface area contributed by atoms with E-state index in [2.05, 4.69) is 11.4 Å². The summed E-state index contributed by atoms with van der Waals surface area (Å²) in [6.45, 7) is 9.18. The van der Waals surface area contributed by atoms with Crippen LogP contribution in [0.1, 0.15) is 30.5 Å². The molecule has 1 rings (SSSR count). The van der Waals surface area contributed by atoms with Gasteiger partial charge in [-0.3, -0.25) is 4.79 Å². The largest absolute Gasteiger partial charge is 0.389 e. The van der Waals surface area contributed by atoms with Crippen molar-refractivity contribution in [3.05, 3.63) is 41.0 Å². The van der Waals surface area contributed by atoms with Crippen molar-refractivity contribution in [1.82, 2.24) is 5.32 Å². The van der Waals surface area contributed by atoms with Crippen LogP contribution in [0, 0.1) is 19.8 Å². The Kier molecular flexibility index (Phi) is 7.85. The van der Waals surface area contributed by atoms with Crippen molar-refractivity contribution >= 4 is 12.0 Å². The Bertz CT molecular complexity index is 509. The molecule has 1 aromatic carbocycles. The third kappa shape index (κ3) is 7.38. The van der Waals surface area contributed by atoms with Crippen molar-refractivity contribution in [3.63, 3.8) is 0 Å². The van der Waals surface area contributed by atoms with Crippen molar-refractivity contribution in [1.29, 1.82) is 0 Å².